The van der Waals surface area contributed by atoms with Crippen molar-refractivity contribution in [1.29, 1.82) is 0 Å². The average Bonchev–Trinajstić information content (AvgIpc) is 2.55. The van der Waals surface area contributed by atoms with Gasteiger partial charge in [-0.2, -0.15) is 0 Å². The van der Waals surface area contributed by atoms with Gasteiger partial charge in [-0.25, -0.2) is 4.98 Å². The first-order valence-electron chi connectivity index (χ1n) is 4.38. The number of aromatic nitrogens is 1. The molecule has 0 atom stereocenters. The number of hydrogen-bond donors (Lipinski definition) is 0. The first kappa shape index (κ1) is 10.2. The van der Waals surface area contributed by atoms with Crippen molar-refractivity contribution >= 4 is 37.5 Å². The van der Waals surface area contributed by atoms with Crippen LogP contribution in [0.4, 0.5) is 10.5 Å². The van der Waals surface area contributed by atoms with Gasteiger partial charge in [-0.3, -0.25) is 4.79 Å². The fourth-order valence-electron chi connectivity index (χ4n) is 1.34. The molecule has 15 heavy (non-hydrogen) atoms. The molecule has 0 radical (unpaired) electrons. The number of carbonyl (C=O) groups excluding carboxylic acids is 1. The van der Waals surface area contributed by atoms with Crippen LogP contribution in [0.25, 0.3) is 11.1 Å². The Kier molecular flexibility index (Phi) is 2.48. The van der Waals surface area contributed by atoms with Crippen LogP contribution in [0.15, 0.2) is 22.6 Å². The summed E-state index contributed by atoms with van der Waals surface area (Å²) in [6.07, 6.45) is 0. The molecule has 1 aromatic heterocycles. The summed E-state index contributed by atoms with van der Waals surface area (Å²) in [6, 6.07) is 5.44. The van der Waals surface area contributed by atoms with Crippen molar-refractivity contribution in [3.8, 4) is 0 Å². The highest BCUT2D eigenvalue weighted by molar-refractivity contribution is 9.18. The quantitative estimate of drug-likeness (QED) is 0.590. The van der Waals surface area contributed by atoms with Gasteiger partial charge in [-0.15, -0.1) is 0 Å². The predicted molar refractivity (Wildman–Crippen MR) is 61.5 cm³/mol. The fourth-order valence-corrected chi connectivity index (χ4v) is 1.54. The molecule has 0 fully saturated rings. The summed E-state index contributed by atoms with van der Waals surface area (Å²) >= 11 is 2.89. The number of aryl methyl sites for hydroxylation is 1. The maximum atomic E-state index is 11.1. The number of halogens is 1. The van der Waals surface area contributed by atoms with Crippen molar-refractivity contribution in [2.24, 2.45) is 0 Å². The fraction of sp³-hybridized carbons (Fsp3) is 0.200. The number of oxazole rings is 1. The predicted octanol–water partition coefficient (Wildman–Crippen LogP) is 3.09. The molecular weight excluding hydrogens is 260 g/mol. The molecule has 0 N–H and O–H groups in total. The number of rotatable bonds is 1. The molecule has 2 aromatic rings. The minimum absolute atomic E-state index is 0.196. The van der Waals surface area contributed by atoms with Gasteiger partial charge in [-0.05, 0) is 12.1 Å². The number of benzene rings is 1. The second kappa shape index (κ2) is 3.66. The van der Waals surface area contributed by atoms with Gasteiger partial charge < -0.3 is 9.32 Å². The third-order valence-corrected chi connectivity index (χ3v) is 2.66. The Morgan fingerprint density at radius 2 is 2.27 bits per heavy atom. The molecule has 0 saturated heterocycles. The molecule has 1 heterocycles. The summed E-state index contributed by atoms with van der Waals surface area (Å²) < 4.78 is 5.37. The summed E-state index contributed by atoms with van der Waals surface area (Å²) in [7, 11) is 1.68. The zero-order valence-electron chi connectivity index (χ0n) is 8.32. The Morgan fingerprint density at radius 3 is 2.93 bits per heavy atom. The van der Waals surface area contributed by atoms with E-state index < -0.39 is 0 Å². The van der Waals surface area contributed by atoms with Crippen molar-refractivity contribution in [2.75, 3.05) is 11.9 Å². The largest absolute Gasteiger partial charge is 0.441 e. The maximum absolute atomic E-state index is 11.1. The summed E-state index contributed by atoms with van der Waals surface area (Å²) in [6.45, 7) is 1.79. The molecular formula is C10H9BrN2O2. The molecule has 4 nitrogen and oxygen atoms in total. The van der Waals surface area contributed by atoms with Crippen LogP contribution in [0.3, 0.4) is 0 Å². The van der Waals surface area contributed by atoms with E-state index in [1.165, 1.54) is 4.90 Å². The molecule has 0 unspecified atom stereocenters. The zero-order valence-corrected chi connectivity index (χ0v) is 9.91. The summed E-state index contributed by atoms with van der Waals surface area (Å²) in [5.74, 6) is 0.620. The standard InChI is InChI=1S/C10H9BrN2O2/c1-6-12-8-4-3-7(5-9(8)15-6)13(2)10(11)14/h3-5H,1-2H3. The Balaban J connectivity index is 2.50. The summed E-state index contributed by atoms with van der Waals surface area (Å²) in [5.41, 5.74) is 2.25. The second-order valence-corrected chi connectivity index (χ2v) is 3.88. The van der Waals surface area contributed by atoms with Crippen LogP contribution in [-0.4, -0.2) is 16.8 Å². The van der Waals surface area contributed by atoms with Crippen LogP contribution >= 0.6 is 15.9 Å². The second-order valence-electron chi connectivity index (χ2n) is 3.20. The van der Waals surface area contributed by atoms with Gasteiger partial charge in [0, 0.05) is 41.7 Å². The third kappa shape index (κ3) is 1.87. The van der Waals surface area contributed by atoms with Crippen LogP contribution in [0.1, 0.15) is 5.89 Å². The molecule has 78 valence electrons. The van der Waals surface area contributed by atoms with Gasteiger partial charge in [0.05, 0.1) is 0 Å². The highest BCUT2D eigenvalue weighted by Gasteiger charge is 2.09. The lowest BCUT2D eigenvalue weighted by Crippen LogP contribution is -2.18. The number of anilines is 1. The van der Waals surface area contributed by atoms with E-state index >= 15 is 0 Å². The van der Waals surface area contributed by atoms with Gasteiger partial charge in [0.2, 0.25) is 0 Å². The van der Waals surface area contributed by atoms with Crippen molar-refractivity contribution in [3.63, 3.8) is 0 Å². The molecule has 0 aliphatic heterocycles. The van der Waals surface area contributed by atoms with E-state index in [0.717, 1.165) is 11.2 Å². The molecule has 0 spiro atoms. The van der Waals surface area contributed by atoms with E-state index in [9.17, 15) is 4.79 Å². The van der Waals surface area contributed by atoms with E-state index in [2.05, 4.69) is 20.9 Å². The summed E-state index contributed by atoms with van der Waals surface area (Å²) in [5, 5.41) is 0. The first-order chi connectivity index (χ1) is 7.08. The topological polar surface area (TPSA) is 46.3 Å². The van der Waals surface area contributed by atoms with Crippen LogP contribution in [0, 0.1) is 6.92 Å². The Hall–Kier alpha value is -1.36. The molecule has 5 heteroatoms. The van der Waals surface area contributed by atoms with Crippen LogP contribution in [-0.2, 0) is 0 Å². The smallest absolute Gasteiger partial charge is 0.293 e. The number of fused-ring (bicyclic) bond motifs is 1. The summed E-state index contributed by atoms with van der Waals surface area (Å²) in [4.78, 5) is 16.5. The Labute approximate surface area is 95.0 Å². The third-order valence-electron chi connectivity index (χ3n) is 2.13. The monoisotopic (exact) mass is 268 g/mol. The molecule has 2 rings (SSSR count). The molecule has 1 aromatic carbocycles. The molecule has 0 saturated carbocycles. The highest BCUT2D eigenvalue weighted by Crippen LogP contribution is 2.22. The van der Waals surface area contributed by atoms with E-state index in [4.69, 9.17) is 4.42 Å². The normalized spacial score (nSPS) is 10.6. The van der Waals surface area contributed by atoms with Crippen LogP contribution in [0.5, 0.6) is 0 Å². The van der Waals surface area contributed by atoms with E-state index in [1.54, 1.807) is 20.0 Å². The van der Waals surface area contributed by atoms with Gasteiger partial charge in [0.15, 0.2) is 11.5 Å². The van der Waals surface area contributed by atoms with Crippen molar-refractivity contribution in [1.82, 2.24) is 4.98 Å². The van der Waals surface area contributed by atoms with Gasteiger partial charge in [0.1, 0.15) is 5.52 Å². The van der Waals surface area contributed by atoms with Crippen molar-refractivity contribution < 1.29 is 9.21 Å². The molecule has 0 bridgehead atoms. The van der Waals surface area contributed by atoms with Gasteiger partial charge >= 0.3 is 0 Å². The molecule has 0 aliphatic carbocycles. The zero-order chi connectivity index (χ0) is 11.0. The lowest BCUT2D eigenvalue weighted by Gasteiger charge is -2.12. The lowest BCUT2D eigenvalue weighted by molar-refractivity contribution is 0.267. The lowest BCUT2D eigenvalue weighted by atomic mass is 10.3. The van der Waals surface area contributed by atoms with E-state index in [1.807, 2.05) is 12.1 Å². The molecule has 1 amide bonds. The molecule has 0 aliphatic rings. The van der Waals surface area contributed by atoms with Gasteiger partial charge in [-0.1, -0.05) is 0 Å². The van der Waals surface area contributed by atoms with Crippen LogP contribution in [0.2, 0.25) is 0 Å². The Morgan fingerprint density at radius 1 is 1.53 bits per heavy atom. The minimum atomic E-state index is -0.196. The minimum Gasteiger partial charge on any atom is -0.441 e. The van der Waals surface area contributed by atoms with E-state index in [0.29, 0.717) is 11.5 Å². The highest BCUT2D eigenvalue weighted by atomic mass is 79.9. The van der Waals surface area contributed by atoms with E-state index in [-0.39, 0.29) is 4.82 Å². The van der Waals surface area contributed by atoms with Crippen LogP contribution < -0.4 is 4.90 Å². The number of carbonyl (C=O) groups is 1. The SMILES string of the molecule is Cc1nc2ccc(N(C)C(=O)Br)cc2o1. The maximum Gasteiger partial charge on any atom is 0.293 e. The first-order valence-corrected chi connectivity index (χ1v) is 5.17. The van der Waals surface area contributed by atoms with Crippen molar-refractivity contribution in [3.05, 3.63) is 24.1 Å². The Bertz CT molecular complexity index is 521. The van der Waals surface area contributed by atoms with Gasteiger partial charge in [0.25, 0.3) is 4.82 Å². The number of hydrogen-bond acceptors (Lipinski definition) is 3. The number of amides is 1. The number of nitrogens with zero attached hydrogens (tertiary/aromatic N) is 2. The van der Waals surface area contributed by atoms with Crippen molar-refractivity contribution in [2.45, 2.75) is 6.92 Å². The average molecular weight is 269 g/mol.